The van der Waals surface area contributed by atoms with E-state index in [1.54, 1.807) is 19.1 Å². The lowest BCUT2D eigenvalue weighted by Gasteiger charge is -2.10. The van der Waals surface area contributed by atoms with E-state index in [0.717, 1.165) is 0 Å². The monoisotopic (exact) mass is 247 g/mol. The van der Waals surface area contributed by atoms with Crippen LogP contribution in [0.25, 0.3) is 0 Å². The number of nitrogens with one attached hydrogen (secondary N) is 1. The van der Waals surface area contributed by atoms with Crippen molar-refractivity contribution in [3.63, 3.8) is 0 Å². The molecule has 0 saturated carbocycles. The largest absolute Gasteiger partial charge is 0.392 e. The number of benzene rings is 1. The van der Waals surface area contributed by atoms with Gasteiger partial charge in [0.15, 0.2) is 0 Å². The minimum Gasteiger partial charge on any atom is -0.392 e. The third-order valence-electron chi connectivity index (χ3n) is 1.54. The van der Waals surface area contributed by atoms with E-state index in [2.05, 4.69) is 21.2 Å². The molecule has 72 valence electrons. The van der Waals surface area contributed by atoms with E-state index >= 15 is 0 Å². The molecule has 1 atom stereocenters. The number of aliphatic hydroxyl groups excluding tert-OH is 1. The summed E-state index contributed by atoms with van der Waals surface area (Å²) in [6, 6.07) is 4.73. The maximum atomic E-state index is 13.1. The fraction of sp³-hybridized carbons (Fsp3) is 0.333. The van der Waals surface area contributed by atoms with Gasteiger partial charge in [-0.25, -0.2) is 4.39 Å². The first-order valence-corrected chi connectivity index (χ1v) is 4.76. The van der Waals surface area contributed by atoms with Crippen molar-refractivity contribution in [3.8, 4) is 0 Å². The lowest BCUT2D eigenvalue weighted by atomic mass is 10.3. The molecule has 0 spiro atoms. The average molecular weight is 248 g/mol. The molecule has 0 saturated heterocycles. The molecule has 0 bridgehead atoms. The highest BCUT2D eigenvalue weighted by Gasteiger charge is 2.05. The van der Waals surface area contributed by atoms with E-state index in [4.69, 9.17) is 5.11 Å². The van der Waals surface area contributed by atoms with Gasteiger partial charge in [0.1, 0.15) is 5.82 Å². The van der Waals surface area contributed by atoms with Gasteiger partial charge >= 0.3 is 0 Å². The third-order valence-corrected chi connectivity index (χ3v) is 2.20. The highest BCUT2D eigenvalue weighted by Crippen LogP contribution is 2.24. The molecular weight excluding hydrogens is 237 g/mol. The molecular formula is C9H11BrFNO. The summed E-state index contributed by atoms with van der Waals surface area (Å²) in [5, 5.41) is 11.8. The molecule has 0 fully saturated rings. The molecule has 4 heteroatoms. The summed E-state index contributed by atoms with van der Waals surface area (Å²) in [5.74, 6) is -0.324. The number of halogens is 2. The topological polar surface area (TPSA) is 32.3 Å². The van der Waals surface area contributed by atoms with E-state index in [9.17, 15) is 4.39 Å². The summed E-state index contributed by atoms with van der Waals surface area (Å²) < 4.78 is 13.8. The van der Waals surface area contributed by atoms with Gasteiger partial charge < -0.3 is 10.4 Å². The lowest BCUT2D eigenvalue weighted by Crippen LogP contribution is -2.16. The van der Waals surface area contributed by atoms with Gasteiger partial charge in [-0.05, 0) is 35.0 Å². The zero-order chi connectivity index (χ0) is 9.84. The van der Waals surface area contributed by atoms with Crippen molar-refractivity contribution in [2.75, 3.05) is 11.9 Å². The van der Waals surface area contributed by atoms with Crippen LogP contribution < -0.4 is 5.32 Å². The first-order chi connectivity index (χ1) is 6.11. The Labute approximate surface area is 84.9 Å². The number of hydrogen-bond donors (Lipinski definition) is 2. The zero-order valence-electron chi connectivity index (χ0n) is 7.22. The molecule has 1 rings (SSSR count). The first-order valence-electron chi connectivity index (χ1n) is 3.97. The standard InChI is InChI=1S/C9H11BrFNO/c1-6(13)5-12-9-7(10)3-2-4-8(9)11/h2-4,6,12-13H,5H2,1H3. The zero-order valence-corrected chi connectivity index (χ0v) is 8.81. The predicted molar refractivity (Wildman–Crippen MR) is 54.3 cm³/mol. The number of para-hydroxylation sites is 1. The predicted octanol–water partition coefficient (Wildman–Crippen LogP) is 2.38. The quantitative estimate of drug-likeness (QED) is 0.860. The molecule has 0 aliphatic heterocycles. The van der Waals surface area contributed by atoms with Crippen molar-refractivity contribution in [2.24, 2.45) is 0 Å². The smallest absolute Gasteiger partial charge is 0.147 e. The molecule has 13 heavy (non-hydrogen) atoms. The highest BCUT2D eigenvalue weighted by atomic mass is 79.9. The van der Waals surface area contributed by atoms with Crippen molar-refractivity contribution in [1.29, 1.82) is 0 Å². The molecule has 0 radical (unpaired) electrons. The molecule has 0 heterocycles. The van der Waals surface area contributed by atoms with Gasteiger partial charge in [0, 0.05) is 11.0 Å². The van der Waals surface area contributed by atoms with E-state index in [1.165, 1.54) is 6.07 Å². The van der Waals surface area contributed by atoms with E-state index < -0.39 is 6.10 Å². The molecule has 1 aromatic rings. The van der Waals surface area contributed by atoms with Crippen LogP contribution in [-0.2, 0) is 0 Å². The Morgan fingerprint density at radius 1 is 1.62 bits per heavy atom. The van der Waals surface area contributed by atoms with Crippen LogP contribution in [0.2, 0.25) is 0 Å². The fourth-order valence-corrected chi connectivity index (χ4v) is 1.40. The second kappa shape index (κ2) is 4.58. The van der Waals surface area contributed by atoms with E-state index in [-0.39, 0.29) is 5.82 Å². The average Bonchev–Trinajstić information content (AvgIpc) is 2.03. The van der Waals surface area contributed by atoms with Gasteiger partial charge in [0.05, 0.1) is 11.8 Å². The van der Waals surface area contributed by atoms with Crippen LogP contribution in [0.3, 0.4) is 0 Å². The van der Waals surface area contributed by atoms with Gasteiger partial charge in [0.2, 0.25) is 0 Å². The summed E-state index contributed by atoms with van der Waals surface area (Å²) in [6.07, 6.45) is -0.494. The SMILES string of the molecule is CC(O)CNc1c(F)cccc1Br. The Morgan fingerprint density at radius 3 is 2.85 bits per heavy atom. The Bertz CT molecular complexity index is 271. The van der Waals surface area contributed by atoms with Crippen molar-refractivity contribution >= 4 is 21.6 Å². The summed E-state index contributed by atoms with van der Waals surface area (Å²) in [6.45, 7) is 1.97. The second-order valence-corrected chi connectivity index (χ2v) is 3.68. The summed E-state index contributed by atoms with van der Waals surface area (Å²) >= 11 is 3.21. The van der Waals surface area contributed by atoms with Crippen LogP contribution >= 0.6 is 15.9 Å². The van der Waals surface area contributed by atoms with Gasteiger partial charge in [0.25, 0.3) is 0 Å². The van der Waals surface area contributed by atoms with Crippen molar-refractivity contribution in [2.45, 2.75) is 13.0 Å². The van der Waals surface area contributed by atoms with Crippen LogP contribution in [0.5, 0.6) is 0 Å². The normalized spacial score (nSPS) is 12.6. The molecule has 0 aliphatic rings. The van der Waals surface area contributed by atoms with E-state index in [0.29, 0.717) is 16.7 Å². The second-order valence-electron chi connectivity index (χ2n) is 2.83. The molecule has 2 nitrogen and oxygen atoms in total. The van der Waals surface area contributed by atoms with Crippen molar-refractivity contribution in [3.05, 3.63) is 28.5 Å². The van der Waals surface area contributed by atoms with Crippen molar-refractivity contribution in [1.82, 2.24) is 0 Å². The summed E-state index contributed by atoms with van der Waals surface area (Å²) in [4.78, 5) is 0. The van der Waals surface area contributed by atoms with Gasteiger partial charge in [-0.1, -0.05) is 6.07 Å². The number of anilines is 1. The summed E-state index contributed by atoms with van der Waals surface area (Å²) in [7, 11) is 0. The van der Waals surface area contributed by atoms with Gasteiger partial charge in [-0.3, -0.25) is 0 Å². The number of hydrogen-bond acceptors (Lipinski definition) is 2. The first kappa shape index (κ1) is 10.5. The summed E-state index contributed by atoms with van der Waals surface area (Å²) in [5.41, 5.74) is 0.392. The van der Waals surface area contributed by atoms with Crippen LogP contribution in [-0.4, -0.2) is 17.8 Å². The molecule has 2 N–H and O–H groups in total. The lowest BCUT2D eigenvalue weighted by molar-refractivity contribution is 0.208. The Hall–Kier alpha value is -0.610. The molecule has 0 aromatic heterocycles. The Balaban J connectivity index is 2.75. The van der Waals surface area contributed by atoms with Crippen LogP contribution in [0.15, 0.2) is 22.7 Å². The molecule has 1 unspecified atom stereocenters. The van der Waals surface area contributed by atoms with Gasteiger partial charge in [-0.2, -0.15) is 0 Å². The Morgan fingerprint density at radius 2 is 2.31 bits per heavy atom. The maximum absolute atomic E-state index is 13.1. The van der Waals surface area contributed by atoms with Crippen LogP contribution in [0, 0.1) is 5.82 Å². The minimum atomic E-state index is -0.494. The maximum Gasteiger partial charge on any atom is 0.147 e. The van der Waals surface area contributed by atoms with Crippen LogP contribution in [0.1, 0.15) is 6.92 Å². The molecule has 1 aromatic carbocycles. The van der Waals surface area contributed by atoms with E-state index in [1.807, 2.05) is 0 Å². The highest BCUT2D eigenvalue weighted by molar-refractivity contribution is 9.10. The van der Waals surface area contributed by atoms with Gasteiger partial charge in [-0.15, -0.1) is 0 Å². The fourth-order valence-electron chi connectivity index (χ4n) is 0.916. The minimum absolute atomic E-state index is 0.324. The third kappa shape index (κ3) is 2.97. The van der Waals surface area contributed by atoms with Crippen molar-refractivity contribution < 1.29 is 9.50 Å². The number of aliphatic hydroxyl groups is 1. The molecule has 0 amide bonds. The Kier molecular flexibility index (Phi) is 3.69. The number of rotatable bonds is 3. The van der Waals surface area contributed by atoms with Crippen LogP contribution in [0.4, 0.5) is 10.1 Å². The molecule has 0 aliphatic carbocycles.